The third-order valence-electron chi connectivity index (χ3n) is 4.47. The highest BCUT2D eigenvalue weighted by Gasteiger charge is 2.36. The van der Waals surface area contributed by atoms with Crippen molar-refractivity contribution in [2.75, 3.05) is 6.16 Å². The minimum Gasteiger partial charge on any atom is -0.481 e. The van der Waals surface area contributed by atoms with Gasteiger partial charge in [0, 0.05) is 5.92 Å². The summed E-state index contributed by atoms with van der Waals surface area (Å²) >= 11 is 0. The maximum absolute atomic E-state index is 12.7. The van der Waals surface area contributed by atoms with E-state index in [1.54, 1.807) is 32.0 Å². The van der Waals surface area contributed by atoms with Crippen molar-refractivity contribution < 1.29 is 28.5 Å². The average Bonchev–Trinajstić information content (AvgIpc) is 2.75. The van der Waals surface area contributed by atoms with E-state index in [0.29, 0.717) is 11.3 Å². The fourth-order valence-electron chi connectivity index (χ4n) is 2.80. The third kappa shape index (κ3) is 8.88. The van der Waals surface area contributed by atoms with Gasteiger partial charge in [-0.1, -0.05) is 56.3 Å². The Bertz CT molecular complexity index is 995. The fourth-order valence-corrected chi connectivity index (χ4v) is 4.10. The number of aliphatic imine (C=N–C) groups is 1. The first-order valence-electron chi connectivity index (χ1n) is 10.2. The molecule has 0 saturated carbocycles. The van der Waals surface area contributed by atoms with Gasteiger partial charge in [0.15, 0.2) is 18.3 Å². The Kier molecular flexibility index (Phi) is 9.78. The number of alkyl carbamates (subject to hydrolysis) is 1. The number of carboxylic acid groups (broad SMARTS) is 1. The van der Waals surface area contributed by atoms with Gasteiger partial charge >= 0.3 is 20.1 Å². The molecular weight excluding hydrogens is 447 g/mol. The molecule has 0 aliphatic carbocycles. The number of nitrogens with one attached hydrogen (secondary N) is 1. The zero-order valence-electron chi connectivity index (χ0n) is 18.4. The summed E-state index contributed by atoms with van der Waals surface area (Å²) in [6.45, 7) is 3.59. The van der Waals surface area contributed by atoms with Gasteiger partial charge in [0.2, 0.25) is 0 Å². The van der Waals surface area contributed by atoms with Crippen molar-refractivity contribution in [3.63, 3.8) is 0 Å². The lowest BCUT2D eigenvalue weighted by atomic mass is 10.0. The highest BCUT2D eigenvalue weighted by molar-refractivity contribution is 7.39. The Labute approximate surface area is 192 Å². The topological polar surface area (TPSA) is 166 Å². The molecule has 0 spiro atoms. The molecule has 3 unspecified atom stereocenters. The van der Waals surface area contributed by atoms with Crippen LogP contribution in [0.15, 0.2) is 59.6 Å². The summed E-state index contributed by atoms with van der Waals surface area (Å²) in [4.78, 5) is 27.9. The Hall–Kier alpha value is -3.49. The fraction of sp³-hybridized carbons (Fsp3) is 0.318. The quantitative estimate of drug-likeness (QED) is 0.166. The smallest absolute Gasteiger partial charge is 0.481 e. The van der Waals surface area contributed by atoms with Gasteiger partial charge < -0.3 is 21.3 Å². The molecule has 0 bridgehead atoms. The number of carbonyl (C=O) groups excluding carboxylic acids is 1. The second-order valence-electron chi connectivity index (χ2n) is 7.51. The van der Waals surface area contributed by atoms with Crippen molar-refractivity contribution in [1.82, 2.24) is 5.32 Å². The summed E-state index contributed by atoms with van der Waals surface area (Å²) in [5.41, 5.74) is 12.3. The predicted molar refractivity (Wildman–Crippen MR) is 124 cm³/mol. The zero-order chi connectivity index (χ0) is 24.4. The Morgan fingerprint density at radius 2 is 1.82 bits per heavy atom. The van der Waals surface area contributed by atoms with E-state index in [1.807, 2.05) is 30.3 Å². The van der Waals surface area contributed by atoms with Gasteiger partial charge in [-0.05, 0) is 27.8 Å². The summed E-state index contributed by atoms with van der Waals surface area (Å²) in [6, 6.07) is 15.4. The first-order chi connectivity index (χ1) is 15.7. The highest BCUT2D eigenvalue weighted by Crippen LogP contribution is 2.34. The van der Waals surface area contributed by atoms with Crippen molar-refractivity contribution in [2.45, 2.75) is 32.6 Å². The Morgan fingerprint density at radius 1 is 1.12 bits per heavy atom. The van der Waals surface area contributed by atoms with Crippen LogP contribution in [-0.4, -0.2) is 35.5 Å². The molecule has 2 aromatic rings. The predicted octanol–water partition coefficient (Wildman–Crippen LogP) is 3.43. The molecule has 6 N–H and O–H groups in total. The molecule has 3 atom stereocenters. The molecule has 1 amide bonds. The maximum Gasteiger partial charge on any atom is 0.511 e. The van der Waals surface area contributed by atoms with E-state index >= 15 is 0 Å². The van der Waals surface area contributed by atoms with Crippen LogP contribution in [0.3, 0.4) is 0 Å². The van der Waals surface area contributed by atoms with E-state index in [9.17, 15) is 19.3 Å². The number of carboxylic acids is 1. The molecule has 0 aliphatic rings. The standard InChI is InChI=1S/C22H27N4O6P/c1-14(2)19(26-22(29)31-12-15-7-4-3-5-8-15)32-33(30)13-18(20(27)28)16-9-6-10-17(11-16)25-21(23)24/h3-11,14,18-19H,12-13H2,1-2H3,(H5-,23,24,25,26,27,28,29)/p+1. The summed E-state index contributed by atoms with van der Waals surface area (Å²) in [6.07, 6.45) is -1.97. The lowest BCUT2D eigenvalue weighted by Crippen LogP contribution is -2.39. The molecule has 0 fully saturated rings. The third-order valence-corrected chi connectivity index (χ3v) is 5.60. The number of hydrogen-bond donors (Lipinski definition) is 4. The largest absolute Gasteiger partial charge is 0.511 e. The molecule has 0 saturated heterocycles. The number of guanidine groups is 1. The number of amides is 1. The van der Waals surface area contributed by atoms with Crippen LogP contribution in [-0.2, 0) is 25.2 Å². The second-order valence-corrected chi connectivity index (χ2v) is 8.76. The van der Waals surface area contributed by atoms with Crippen LogP contribution in [0.4, 0.5) is 10.5 Å². The Balaban J connectivity index is 2.01. The summed E-state index contributed by atoms with van der Waals surface area (Å²) in [5, 5.41) is 12.2. The molecule has 0 heterocycles. The van der Waals surface area contributed by atoms with Crippen LogP contribution in [0, 0.1) is 5.92 Å². The van der Waals surface area contributed by atoms with Crippen molar-refractivity contribution in [3.8, 4) is 0 Å². The lowest BCUT2D eigenvalue weighted by Gasteiger charge is -2.17. The van der Waals surface area contributed by atoms with Gasteiger partial charge in [-0.3, -0.25) is 10.1 Å². The van der Waals surface area contributed by atoms with Gasteiger partial charge in [0.05, 0.1) is 5.69 Å². The second kappa shape index (κ2) is 12.5. The van der Waals surface area contributed by atoms with Crippen LogP contribution >= 0.6 is 8.03 Å². The van der Waals surface area contributed by atoms with E-state index < -0.39 is 32.2 Å². The maximum atomic E-state index is 12.7. The lowest BCUT2D eigenvalue weighted by molar-refractivity contribution is -0.138. The normalized spacial score (nSPS) is 13.0. The monoisotopic (exact) mass is 475 g/mol. The SMILES string of the molecule is CC(C)C(NC(=O)OCc1ccccc1)O[P+](=O)CC(C(=O)O)c1cccc(N=C(N)N)c1. The number of hydrogen-bond acceptors (Lipinski definition) is 6. The first-order valence-corrected chi connectivity index (χ1v) is 11.5. The van der Waals surface area contributed by atoms with Crippen molar-refractivity contribution in [2.24, 2.45) is 22.4 Å². The zero-order valence-corrected chi connectivity index (χ0v) is 19.3. The van der Waals surface area contributed by atoms with Crippen LogP contribution in [0.1, 0.15) is 30.9 Å². The number of nitrogens with two attached hydrogens (primary N) is 2. The highest BCUT2D eigenvalue weighted by atomic mass is 31.1. The summed E-state index contributed by atoms with van der Waals surface area (Å²) in [7, 11) is -2.44. The Morgan fingerprint density at radius 3 is 2.42 bits per heavy atom. The van der Waals surface area contributed by atoms with E-state index in [0.717, 1.165) is 5.56 Å². The molecular formula is C22H28N4O6P+. The molecule has 33 heavy (non-hydrogen) atoms. The van der Waals surface area contributed by atoms with Crippen LogP contribution in [0.25, 0.3) is 0 Å². The van der Waals surface area contributed by atoms with Crippen molar-refractivity contribution in [1.29, 1.82) is 0 Å². The molecule has 2 aromatic carbocycles. The van der Waals surface area contributed by atoms with E-state index in [-0.39, 0.29) is 24.6 Å². The first kappa shape index (κ1) is 25.8. The van der Waals surface area contributed by atoms with Crippen LogP contribution in [0.2, 0.25) is 0 Å². The minimum absolute atomic E-state index is 0.0663. The van der Waals surface area contributed by atoms with Gasteiger partial charge in [0.1, 0.15) is 12.5 Å². The van der Waals surface area contributed by atoms with Crippen molar-refractivity contribution in [3.05, 3.63) is 65.7 Å². The van der Waals surface area contributed by atoms with E-state index in [4.69, 9.17) is 20.7 Å². The molecule has 0 aromatic heterocycles. The van der Waals surface area contributed by atoms with Gasteiger partial charge in [-0.15, -0.1) is 4.52 Å². The van der Waals surface area contributed by atoms with Gasteiger partial charge in [-0.25, -0.2) is 9.79 Å². The molecule has 10 nitrogen and oxygen atoms in total. The average molecular weight is 475 g/mol. The number of benzene rings is 2. The number of ether oxygens (including phenoxy) is 1. The van der Waals surface area contributed by atoms with E-state index in [2.05, 4.69) is 10.3 Å². The van der Waals surface area contributed by atoms with Crippen molar-refractivity contribution >= 4 is 31.7 Å². The molecule has 2 rings (SSSR count). The summed E-state index contributed by atoms with van der Waals surface area (Å²) < 4.78 is 23.3. The number of nitrogens with zero attached hydrogens (tertiary/aromatic N) is 1. The summed E-state index contributed by atoms with van der Waals surface area (Å²) in [5.74, 6) is -2.72. The molecule has 176 valence electrons. The number of rotatable bonds is 11. The molecule has 0 aliphatic heterocycles. The molecule has 0 radical (unpaired) electrons. The van der Waals surface area contributed by atoms with Gasteiger partial charge in [0.25, 0.3) is 0 Å². The van der Waals surface area contributed by atoms with Crippen LogP contribution in [0.5, 0.6) is 0 Å². The van der Waals surface area contributed by atoms with E-state index in [1.165, 1.54) is 6.07 Å². The number of aliphatic carboxylic acids is 1. The van der Waals surface area contributed by atoms with Gasteiger partial charge in [-0.2, -0.15) is 0 Å². The minimum atomic E-state index is -2.44. The van der Waals surface area contributed by atoms with Crippen LogP contribution < -0.4 is 16.8 Å². The molecule has 11 heteroatoms. The number of carbonyl (C=O) groups is 2.